The maximum atomic E-state index is 15.2. The highest BCUT2D eigenvalue weighted by atomic mass is 19.1. The summed E-state index contributed by atoms with van der Waals surface area (Å²) in [5.41, 5.74) is 0.135. The first-order chi connectivity index (χ1) is 14.8. The fraction of sp³-hybridized carbons (Fsp3) is 0.227. The average Bonchev–Trinajstić information content (AvgIpc) is 3.24. The molecule has 0 radical (unpaired) electrons. The molecule has 0 spiro atoms. The van der Waals surface area contributed by atoms with Crippen LogP contribution in [0, 0.1) is 5.92 Å². The lowest BCUT2D eigenvalue weighted by atomic mass is 9.77. The van der Waals surface area contributed by atoms with Gasteiger partial charge in [0, 0.05) is 30.0 Å². The van der Waals surface area contributed by atoms with E-state index in [1.165, 1.54) is 23.2 Å². The minimum Gasteiger partial charge on any atom is -0.475 e. The molecule has 0 amide bonds. The Morgan fingerprint density at radius 1 is 1.13 bits per heavy atom. The Morgan fingerprint density at radius 3 is 2.39 bits per heavy atom. The zero-order valence-electron chi connectivity index (χ0n) is 16.8. The number of aromatic nitrogens is 5. The minimum atomic E-state index is -1.24. The minimum absolute atomic E-state index is 0.0464. The van der Waals surface area contributed by atoms with Crippen molar-refractivity contribution in [3.8, 4) is 11.3 Å². The number of allylic oxidation sites excluding steroid dienone is 4. The van der Waals surface area contributed by atoms with Crippen LogP contribution in [0.15, 0.2) is 66.7 Å². The van der Waals surface area contributed by atoms with E-state index < -0.39 is 23.2 Å². The van der Waals surface area contributed by atoms with Gasteiger partial charge in [-0.2, -0.15) is 0 Å². The van der Waals surface area contributed by atoms with Crippen molar-refractivity contribution in [3.05, 3.63) is 78.0 Å². The molecule has 1 aromatic carbocycles. The summed E-state index contributed by atoms with van der Waals surface area (Å²) in [6.45, 7) is 3.72. The van der Waals surface area contributed by atoms with Crippen molar-refractivity contribution in [2.75, 3.05) is 0 Å². The van der Waals surface area contributed by atoms with Crippen LogP contribution in [0.3, 0.4) is 0 Å². The molecular formula is C22H19F2N5O2. The second kappa shape index (κ2) is 7.82. The van der Waals surface area contributed by atoms with Crippen molar-refractivity contribution < 1.29 is 18.7 Å². The number of rotatable bonds is 5. The third-order valence-electron chi connectivity index (χ3n) is 5.45. The first kappa shape index (κ1) is 20.5. The molecule has 1 N–H and O–H groups in total. The van der Waals surface area contributed by atoms with Gasteiger partial charge in [-0.3, -0.25) is 0 Å². The summed E-state index contributed by atoms with van der Waals surface area (Å²) in [7, 11) is 0. The van der Waals surface area contributed by atoms with Gasteiger partial charge in [-0.15, -0.1) is 5.10 Å². The van der Waals surface area contributed by atoms with E-state index >= 15 is 8.78 Å². The molecule has 2 heterocycles. The summed E-state index contributed by atoms with van der Waals surface area (Å²) in [5.74, 6) is -3.01. The Labute approximate surface area is 176 Å². The standard InChI is InChI=1S/C22H19F2N5O2/c1-13(2)22(8-16(23)19(17(24)9-22)14-6-4-3-5-7-14)29-12-18(27-28-29)15-10-25-20(21(30)31)26-11-15/h3-8,10-13H,9H2,1-2H3,(H,30,31). The van der Waals surface area contributed by atoms with E-state index in [0.29, 0.717) is 16.8 Å². The molecule has 0 saturated carbocycles. The molecule has 9 heteroatoms. The van der Waals surface area contributed by atoms with Crippen molar-refractivity contribution in [3.63, 3.8) is 0 Å². The Hall–Kier alpha value is -3.75. The van der Waals surface area contributed by atoms with Crippen molar-refractivity contribution in [2.24, 2.45) is 5.92 Å². The Balaban J connectivity index is 1.72. The maximum Gasteiger partial charge on any atom is 0.373 e. The van der Waals surface area contributed by atoms with Crippen molar-refractivity contribution in [2.45, 2.75) is 25.8 Å². The van der Waals surface area contributed by atoms with Crippen LogP contribution in [0.25, 0.3) is 16.8 Å². The van der Waals surface area contributed by atoms with Crippen molar-refractivity contribution in [1.82, 2.24) is 25.0 Å². The fourth-order valence-corrected chi connectivity index (χ4v) is 3.66. The molecule has 1 unspecified atom stereocenters. The summed E-state index contributed by atoms with van der Waals surface area (Å²) < 4.78 is 31.9. The number of carboxylic acid groups (broad SMARTS) is 1. The van der Waals surface area contributed by atoms with Gasteiger partial charge in [0.2, 0.25) is 5.82 Å². The number of hydrogen-bond donors (Lipinski definition) is 1. The largest absolute Gasteiger partial charge is 0.475 e. The van der Waals surface area contributed by atoms with Crippen LogP contribution in [0.1, 0.15) is 36.5 Å². The van der Waals surface area contributed by atoms with Gasteiger partial charge in [0.1, 0.15) is 17.3 Å². The van der Waals surface area contributed by atoms with E-state index in [1.54, 1.807) is 36.5 Å². The van der Waals surface area contributed by atoms with Crippen LogP contribution in [0.2, 0.25) is 0 Å². The SMILES string of the molecule is CC(C)C1(n2cc(-c3cnc(C(=O)O)nc3)nn2)C=C(F)C(c2ccccc2)=C(F)C1. The van der Waals surface area contributed by atoms with Crippen LogP contribution >= 0.6 is 0 Å². The summed E-state index contributed by atoms with van der Waals surface area (Å²) in [5, 5.41) is 17.1. The summed E-state index contributed by atoms with van der Waals surface area (Å²) in [6.07, 6.45) is 5.51. The molecule has 0 aliphatic heterocycles. The van der Waals surface area contributed by atoms with Gasteiger partial charge in [-0.1, -0.05) is 49.4 Å². The predicted molar refractivity (Wildman–Crippen MR) is 109 cm³/mol. The van der Waals surface area contributed by atoms with E-state index in [1.807, 2.05) is 13.8 Å². The maximum absolute atomic E-state index is 15.2. The van der Waals surface area contributed by atoms with Crippen molar-refractivity contribution in [1.29, 1.82) is 0 Å². The van der Waals surface area contributed by atoms with Gasteiger partial charge >= 0.3 is 5.97 Å². The zero-order valence-corrected chi connectivity index (χ0v) is 16.8. The van der Waals surface area contributed by atoms with E-state index in [-0.39, 0.29) is 23.7 Å². The number of carboxylic acids is 1. The average molecular weight is 423 g/mol. The normalized spacial score (nSPS) is 18.9. The highest BCUT2D eigenvalue weighted by Crippen LogP contribution is 2.45. The van der Waals surface area contributed by atoms with Gasteiger partial charge in [-0.05, 0) is 17.6 Å². The van der Waals surface area contributed by atoms with Crippen LogP contribution in [0.4, 0.5) is 8.78 Å². The molecule has 0 bridgehead atoms. The number of aromatic carboxylic acids is 1. The van der Waals surface area contributed by atoms with Crippen LogP contribution < -0.4 is 0 Å². The third-order valence-corrected chi connectivity index (χ3v) is 5.45. The third kappa shape index (κ3) is 3.63. The molecule has 0 fully saturated rings. The topological polar surface area (TPSA) is 93.8 Å². The van der Waals surface area contributed by atoms with E-state index in [2.05, 4.69) is 20.3 Å². The molecule has 158 valence electrons. The molecule has 4 rings (SSSR count). The highest BCUT2D eigenvalue weighted by molar-refractivity contribution is 5.83. The number of nitrogens with zero attached hydrogens (tertiary/aromatic N) is 5. The van der Waals surface area contributed by atoms with Gasteiger partial charge < -0.3 is 5.11 Å². The van der Waals surface area contributed by atoms with Crippen LogP contribution in [0.5, 0.6) is 0 Å². The Morgan fingerprint density at radius 2 is 1.81 bits per heavy atom. The summed E-state index contributed by atoms with van der Waals surface area (Å²) in [6, 6.07) is 8.58. The molecule has 1 aliphatic rings. The lowest BCUT2D eigenvalue weighted by molar-refractivity contribution is 0.0683. The predicted octanol–water partition coefficient (Wildman–Crippen LogP) is 4.42. The Bertz CT molecular complexity index is 1190. The molecule has 31 heavy (non-hydrogen) atoms. The molecule has 0 saturated heterocycles. The smallest absolute Gasteiger partial charge is 0.373 e. The lowest BCUT2D eigenvalue weighted by Crippen LogP contribution is -2.39. The van der Waals surface area contributed by atoms with Gasteiger partial charge in [0.15, 0.2) is 0 Å². The van der Waals surface area contributed by atoms with Crippen molar-refractivity contribution >= 4 is 11.5 Å². The lowest BCUT2D eigenvalue weighted by Gasteiger charge is -2.37. The second-order valence-corrected chi connectivity index (χ2v) is 7.61. The zero-order chi connectivity index (χ0) is 22.2. The van der Waals surface area contributed by atoms with E-state index in [4.69, 9.17) is 5.11 Å². The van der Waals surface area contributed by atoms with Gasteiger partial charge in [0.05, 0.1) is 11.7 Å². The first-order valence-electron chi connectivity index (χ1n) is 9.63. The van der Waals surface area contributed by atoms with Gasteiger partial charge in [-0.25, -0.2) is 28.2 Å². The summed E-state index contributed by atoms with van der Waals surface area (Å²) >= 11 is 0. The highest BCUT2D eigenvalue weighted by Gasteiger charge is 2.41. The quantitative estimate of drug-likeness (QED) is 0.653. The van der Waals surface area contributed by atoms with E-state index in [0.717, 1.165) is 0 Å². The van der Waals surface area contributed by atoms with E-state index in [9.17, 15) is 4.79 Å². The number of halogens is 2. The number of benzene rings is 1. The molecule has 7 nitrogen and oxygen atoms in total. The first-order valence-corrected chi connectivity index (χ1v) is 9.63. The molecule has 1 atom stereocenters. The summed E-state index contributed by atoms with van der Waals surface area (Å²) in [4.78, 5) is 18.5. The Kier molecular flexibility index (Phi) is 5.18. The fourth-order valence-electron chi connectivity index (χ4n) is 3.66. The molecule has 1 aliphatic carbocycles. The van der Waals surface area contributed by atoms with Crippen LogP contribution in [-0.4, -0.2) is 36.0 Å². The monoisotopic (exact) mass is 423 g/mol. The van der Waals surface area contributed by atoms with Crippen LogP contribution in [-0.2, 0) is 5.54 Å². The molecular weight excluding hydrogens is 404 g/mol. The molecule has 3 aromatic rings. The molecule has 2 aromatic heterocycles. The van der Waals surface area contributed by atoms with Gasteiger partial charge in [0.25, 0.3) is 0 Å². The number of hydrogen-bond acceptors (Lipinski definition) is 5. The second-order valence-electron chi connectivity index (χ2n) is 7.61. The number of carbonyl (C=O) groups is 1.